The van der Waals surface area contributed by atoms with Gasteiger partial charge in [-0.05, 0) is 72.1 Å². The van der Waals surface area contributed by atoms with Gasteiger partial charge < -0.3 is 10.6 Å². The van der Waals surface area contributed by atoms with E-state index < -0.39 is 9.84 Å². The van der Waals surface area contributed by atoms with Gasteiger partial charge in [0.2, 0.25) is 15.7 Å². The van der Waals surface area contributed by atoms with Crippen LogP contribution in [0.15, 0.2) is 94.7 Å². The lowest BCUT2D eigenvalue weighted by Crippen LogP contribution is -2.22. The van der Waals surface area contributed by atoms with Gasteiger partial charge in [-0.3, -0.25) is 4.79 Å². The van der Waals surface area contributed by atoms with E-state index >= 15 is 0 Å². The van der Waals surface area contributed by atoms with Gasteiger partial charge in [-0.15, -0.1) is 0 Å². The number of rotatable bonds is 6. The second kappa shape index (κ2) is 8.85. The summed E-state index contributed by atoms with van der Waals surface area (Å²) in [5, 5.41) is 8.19. The molecule has 0 bridgehead atoms. The number of hydrogen-bond acceptors (Lipinski definition) is 4. The molecule has 0 saturated carbocycles. The van der Waals surface area contributed by atoms with Crippen LogP contribution in [0.1, 0.15) is 11.1 Å². The van der Waals surface area contributed by atoms with Gasteiger partial charge >= 0.3 is 0 Å². The van der Waals surface area contributed by atoms with Crippen molar-refractivity contribution in [1.29, 1.82) is 0 Å². The number of hydrogen-bond donors (Lipinski definition) is 2. The second-order valence-corrected chi connectivity index (χ2v) is 9.56. The average molecular weight is 445 g/mol. The zero-order valence-corrected chi connectivity index (χ0v) is 18.7. The van der Waals surface area contributed by atoms with Gasteiger partial charge in [-0.25, -0.2) is 8.42 Å². The normalized spacial score (nSPS) is 11.3. The molecule has 0 aliphatic rings. The number of sulfone groups is 1. The minimum absolute atomic E-state index is 0.0673. The monoisotopic (exact) mass is 444 g/mol. The molecule has 0 radical (unpaired) electrons. The Bertz CT molecular complexity index is 1400. The van der Waals surface area contributed by atoms with Gasteiger partial charge in [0.25, 0.3) is 0 Å². The van der Waals surface area contributed by atoms with Gasteiger partial charge in [0.15, 0.2) is 0 Å². The van der Waals surface area contributed by atoms with E-state index in [0.29, 0.717) is 5.56 Å². The maximum Gasteiger partial charge on any atom is 0.243 e. The van der Waals surface area contributed by atoms with Crippen LogP contribution >= 0.6 is 0 Å². The Morgan fingerprint density at radius 1 is 0.781 bits per heavy atom. The first-order valence-electron chi connectivity index (χ1n) is 10.3. The molecule has 2 N–H and O–H groups in total. The first-order chi connectivity index (χ1) is 15.4. The van der Waals surface area contributed by atoms with E-state index in [-0.39, 0.29) is 22.2 Å². The summed E-state index contributed by atoms with van der Waals surface area (Å²) >= 11 is 0. The third-order valence-corrected chi connectivity index (χ3v) is 7.47. The maximum atomic E-state index is 13.0. The Balaban J connectivity index is 1.47. The van der Waals surface area contributed by atoms with E-state index in [1.165, 1.54) is 0 Å². The van der Waals surface area contributed by atoms with Crippen molar-refractivity contribution < 1.29 is 13.2 Å². The molecule has 4 rings (SSSR count). The fraction of sp³-hybridized carbons (Fsp3) is 0.115. The molecule has 4 aromatic carbocycles. The standard InChI is InChI=1S/C26H24N2O3S/c1-18-19(2)25(32(30,31)23-10-4-3-5-11-23)15-14-24(18)27-17-26(29)28-22-13-12-20-8-6-7-9-21(20)16-22/h3-16,27H,17H2,1-2H3,(H,28,29). The first-order valence-corrected chi connectivity index (χ1v) is 11.8. The van der Waals surface area contributed by atoms with Gasteiger partial charge in [0, 0.05) is 11.4 Å². The highest BCUT2D eigenvalue weighted by atomic mass is 32.2. The van der Waals surface area contributed by atoms with Crippen molar-refractivity contribution in [3.8, 4) is 0 Å². The highest BCUT2D eigenvalue weighted by molar-refractivity contribution is 7.91. The van der Waals surface area contributed by atoms with Crippen molar-refractivity contribution in [2.45, 2.75) is 23.6 Å². The van der Waals surface area contributed by atoms with Crippen LogP contribution in [-0.2, 0) is 14.6 Å². The van der Waals surface area contributed by atoms with Crippen molar-refractivity contribution in [1.82, 2.24) is 0 Å². The topological polar surface area (TPSA) is 75.3 Å². The molecule has 162 valence electrons. The highest BCUT2D eigenvalue weighted by Gasteiger charge is 2.21. The molecule has 1 amide bonds. The minimum Gasteiger partial charge on any atom is -0.376 e. The van der Waals surface area contributed by atoms with Crippen LogP contribution in [0, 0.1) is 13.8 Å². The zero-order valence-electron chi connectivity index (χ0n) is 17.9. The number of carbonyl (C=O) groups excluding carboxylic acids is 1. The van der Waals surface area contributed by atoms with E-state index in [1.54, 1.807) is 49.4 Å². The predicted octanol–water partition coefficient (Wildman–Crippen LogP) is 5.34. The van der Waals surface area contributed by atoms with Crippen molar-refractivity contribution in [2.24, 2.45) is 0 Å². The van der Waals surface area contributed by atoms with Crippen LogP contribution in [0.2, 0.25) is 0 Å². The van der Waals surface area contributed by atoms with Crippen molar-refractivity contribution in [3.63, 3.8) is 0 Å². The zero-order chi connectivity index (χ0) is 22.7. The van der Waals surface area contributed by atoms with Gasteiger partial charge in [-0.2, -0.15) is 0 Å². The quantitative estimate of drug-likeness (QED) is 0.421. The van der Waals surface area contributed by atoms with E-state index in [9.17, 15) is 13.2 Å². The lowest BCUT2D eigenvalue weighted by molar-refractivity contribution is -0.114. The fourth-order valence-corrected chi connectivity index (χ4v) is 5.23. The molecule has 0 aromatic heterocycles. The smallest absolute Gasteiger partial charge is 0.243 e. The number of fused-ring (bicyclic) bond motifs is 1. The number of anilines is 2. The lowest BCUT2D eigenvalue weighted by Gasteiger charge is -2.15. The third kappa shape index (κ3) is 4.36. The number of nitrogens with one attached hydrogen (secondary N) is 2. The SMILES string of the molecule is Cc1c(NCC(=O)Nc2ccc3ccccc3c2)ccc(S(=O)(=O)c2ccccc2)c1C. The summed E-state index contributed by atoms with van der Waals surface area (Å²) in [5.41, 5.74) is 2.91. The maximum absolute atomic E-state index is 13.0. The Hall–Kier alpha value is -3.64. The van der Waals surface area contributed by atoms with Gasteiger partial charge in [0.1, 0.15) is 0 Å². The summed E-state index contributed by atoms with van der Waals surface area (Å²) in [7, 11) is -3.61. The molecule has 5 nitrogen and oxygen atoms in total. The summed E-state index contributed by atoms with van der Waals surface area (Å²) < 4.78 is 26.0. The van der Waals surface area contributed by atoms with Gasteiger partial charge in [-0.1, -0.05) is 48.5 Å². The summed E-state index contributed by atoms with van der Waals surface area (Å²) in [6, 6.07) is 25.4. The molecule has 0 fully saturated rings. The minimum atomic E-state index is -3.61. The summed E-state index contributed by atoms with van der Waals surface area (Å²) in [6.07, 6.45) is 0. The fourth-order valence-electron chi connectivity index (χ4n) is 3.65. The molecular formula is C26H24N2O3S. The van der Waals surface area contributed by atoms with E-state index in [0.717, 1.165) is 27.7 Å². The van der Waals surface area contributed by atoms with Crippen LogP contribution < -0.4 is 10.6 Å². The van der Waals surface area contributed by atoms with Crippen LogP contribution in [0.25, 0.3) is 10.8 Å². The Morgan fingerprint density at radius 3 is 2.22 bits per heavy atom. The molecule has 0 atom stereocenters. The van der Waals surface area contributed by atoms with Crippen molar-refractivity contribution in [3.05, 3.63) is 96.1 Å². The number of carbonyl (C=O) groups is 1. The molecule has 0 heterocycles. The summed E-state index contributed by atoms with van der Waals surface area (Å²) in [6.45, 7) is 3.70. The molecule has 4 aromatic rings. The third-order valence-electron chi connectivity index (χ3n) is 5.55. The molecule has 0 spiro atoms. The van der Waals surface area contributed by atoms with E-state index in [2.05, 4.69) is 10.6 Å². The Morgan fingerprint density at radius 2 is 1.47 bits per heavy atom. The largest absolute Gasteiger partial charge is 0.376 e. The molecule has 0 aliphatic heterocycles. The number of amides is 1. The average Bonchev–Trinajstić information content (AvgIpc) is 2.80. The van der Waals surface area contributed by atoms with Crippen LogP contribution in [0.4, 0.5) is 11.4 Å². The van der Waals surface area contributed by atoms with Gasteiger partial charge in [0.05, 0.1) is 16.3 Å². The molecule has 32 heavy (non-hydrogen) atoms. The molecule has 0 aliphatic carbocycles. The Labute approximate surface area is 188 Å². The van der Waals surface area contributed by atoms with E-state index in [1.807, 2.05) is 49.4 Å². The summed E-state index contributed by atoms with van der Waals surface area (Å²) in [4.78, 5) is 13.0. The van der Waals surface area contributed by atoms with Crippen LogP contribution in [0.5, 0.6) is 0 Å². The summed E-state index contributed by atoms with van der Waals surface area (Å²) in [5.74, 6) is -0.182. The Kier molecular flexibility index (Phi) is 5.97. The van der Waals surface area contributed by atoms with Crippen LogP contribution in [-0.4, -0.2) is 20.9 Å². The van der Waals surface area contributed by atoms with Crippen molar-refractivity contribution in [2.75, 3.05) is 17.2 Å². The molecule has 0 saturated heterocycles. The van der Waals surface area contributed by atoms with Crippen molar-refractivity contribution >= 4 is 37.9 Å². The molecule has 6 heteroatoms. The number of benzene rings is 4. The highest BCUT2D eigenvalue weighted by Crippen LogP contribution is 2.29. The van der Waals surface area contributed by atoms with Crippen LogP contribution in [0.3, 0.4) is 0 Å². The second-order valence-electron chi connectivity index (χ2n) is 7.64. The predicted molar refractivity (Wildman–Crippen MR) is 129 cm³/mol. The molecular weight excluding hydrogens is 420 g/mol. The van der Waals surface area contributed by atoms with E-state index in [4.69, 9.17) is 0 Å². The molecule has 0 unspecified atom stereocenters. The first kappa shape index (κ1) is 21.6. The lowest BCUT2D eigenvalue weighted by atomic mass is 10.1.